The van der Waals surface area contributed by atoms with Gasteiger partial charge in [0.1, 0.15) is 0 Å². The van der Waals surface area contributed by atoms with Gasteiger partial charge in [-0.05, 0) is 35.9 Å². The number of halogens is 1. The zero-order valence-electron chi connectivity index (χ0n) is 14.0. The molecule has 0 saturated carbocycles. The first-order chi connectivity index (χ1) is 13.2. The second-order valence-corrected chi connectivity index (χ2v) is 8.52. The van der Waals surface area contributed by atoms with E-state index in [1.807, 2.05) is 47.4 Å². The van der Waals surface area contributed by atoms with Crippen molar-refractivity contribution >= 4 is 45.9 Å². The number of hydrogen-bond acceptors (Lipinski definition) is 5. The summed E-state index contributed by atoms with van der Waals surface area (Å²) in [4.78, 5) is 16.4. The molecule has 3 aliphatic rings. The van der Waals surface area contributed by atoms with E-state index in [1.54, 1.807) is 0 Å². The van der Waals surface area contributed by atoms with Crippen LogP contribution in [-0.4, -0.2) is 12.7 Å². The first-order valence-electron chi connectivity index (χ1n) is 8.58. The lowest BCUT2D eigenvalue weighted by molar-refractivity contribution is -0.118. The number of amides is 1. The van der Waals surface area contributed by atoms with Crippen LogP contribution >= 0.6 is 22.9 Å². The van der Waals surface area contributed by atoms with Crippen LogP contribution in [-0.2, 0) is 11.3 Å². The fraction of sp³-hybridized carbons (Fsp3) is 0.150. The number of hydrogen-bond donors (Lipinski definition) is 1. The number of fused-ring (bicyclic) bond motifs is 3. The third-order valence-electron chi connectivity index (χ3n) is 5.24. The molecular weight excluding hydrogens is 384 g/mol. The first-order valence-corrected chi connectivity index (χ1v) is 9.77. The van der Waals surface area contributed by atoms with Crippen LogP contribution in [0.15, 0.2) is 42.5 Å². The van der Waals surface area contributed by atoms with E-state index in [4.69, 9.17) is 21.1 Å². The quantitative estimate of drug-likeness (QED) is 0.671. The maximum absolute atomic E-state index is 13.5. The Morgan fingerprint density at radius 1 is 1.15 bits per heavy atom. The normalized spacial score (nSPS) is 18.3. The molecule has 2 aromatic carbocycles. The molecule has 1 atom stereocenters. The molecule has 1 amide bonds. The maximum Gasteiger partial charge on any atom is 0.239 e. The number of nitrogens with one attached hydrogen (secondary N) is 1. The average Bonchev–Trinajstić information content (AvgIpc) is 3.35. The number of rotatable bonds is 2. The summed E-state index contributed by atoms with van der Waals surface area (Å²) in [6.07, 6.45) is 0. The Hall–Kier alpha value is -2.70. The maximum atomic E-state index is 13.5. The summed E-state index contributed by atoms with van der Waals surface area (Å²) < 4.78 is 11.8. The summed E-state index contributed by atoms with van der Waals surface area (Å²) in [6, 6.07) is 13.7. The molecule has 1 unspecified atom stereocenters. The predicted molar refractivity (Wildman–Crippen MR) is 105 cm³/mol. The Bertz CT molecular complexity index is 1130. The number of nitrogens with zero attached hydrogens (tertiary/aromatic N) is 1. The molecule has 5 nitrogen and oxygen atoms in total. The summed E-state index contributed by atoms with van der Waals surface area (Å²) >= 11 is 7.58. The second kappa shape index (κ2) is 5.41. The Balaban J connectivity index is 1.49. The number of carbonyl (C=O) groups is 1. The third-order valence-corrected chi connectivity index (χ3v) is 6.46. The molecule has 27 heavy (non-hydrogen) atoms. The smallest absolute Gasteiger partial charge is 0.239 e. The number of ether oxygens (including phenoxy) is 2. The van der Waals surface area contributed by atoms with Crippen LogP contribution in [0.2, 0.25) is 4.34 Å². The highest BCUT2D eigenvalue weighted by Gasteiger charge is 2.44. The standard InChI is InChI=1S/C20H13ClN2O3S/c21-17-5-4-10(27-17)8-23-14-3-1-2-12-19(14)18(20(23)24)11-6-15-16(26-9-25-15)7-13(11)22-12/h1-7,18,22H,8-9H2. The Labute approximate surface area is 164 Å². The molecule has 4 heterocycles. The average molecular weight is 397 g/mol. The number of carbonyl (C=O) groups excluding carboxylic acids is 1. The molecule has 0 saturated heterocycles. The van der Waals surface area contributed by atoms with Crippen LogP contribution in [0.25, 0.3) is 0 Å². The highest BCUT2D eigenvalue weighted by molar-refractivity contribution is 7.16. The molecule has 0 bridgehead atoms. The van der Waals surface area contributed by atoms with Gasteiger partial charge in [0.15, 0.2) is 11.5 Å². The molecule has 0 fully saturated rings. The SMILES string of the molecule is O=C1C2c3cc4c(cc3Nc3cccc(c32)N1Cc1ccc(Cl)s1)OCO4. The molecule has 134 valence electrons. The van der Waals surface area contributed by atoms with Crippen molar-refractivity contribution in [3.05, 3.63) is 62.8 Å². The van der Waals surface area contributed by atoms with Gasteiger partial charge >= 0.3 is 0 Å². The van der Waals surface area contributed by atoms with Crippen molar-refractivity contribution in [2.24, 2.45) is 0 Å². The molecule has 7 heteroatoms. The van der Waals surface area contributed by atoms with E-state index in [9.17, 15) is 4.79 Å². The number of benzene rings is 2. The lowest BCUT2D eigenvalue weighted by Gasteiger charge is -2.24. The minimum Gasteiger partial charge on any atom is -0.454 e. The van der Waals surface area contributed by atoms with Gasteiger partial charge in [-0.15, -0.1) is 11.3 Å². The highest BCUT2D eigenvalue weighted by atomic mass is 35.5. The van der Waals surface area contributed by atoms with Gasteiger partial charge in [-0.3, -0.25) is 4.79 Å². The topological polar surface area (TPSA) is 50.8 Å². The van der Waals surface area contributed by atoms with Crippen molar-refractivity contribution < 1.29 is 14.3 Å². The Kier molecular flexibility index (Phi) is 3.08. The van der Waals surface area contributed by atoms with Crippen molar-refractivity contribution in [1.29, 1.82) is 0 Å². The molecule has 3 aliphatic heterocycles. The lowest BCUT2D eigenvalue weighted by atomic mass is 9.86. The molecular formula is C20H13ClN2O3S. The van der Waals surface area contributed by atoms with Gasteiger partial charge < -0.3 is 19.7 Å². The highest BCUT2D eigenvalue weighted by Crippen LogP contribution is 2.53. The van der Waals surface area contributed by atoms with Gasteiger partial charge in [0.25, 0.3) is 0 Å². The van der Waals surface area contributed by atoms with E-state index in [0.29, 0.717) is 18.0 Å². The zero-order chi connectivity index (χ0) is 18.1. The lowest BCUT2D eigenvalue weighted by Crippen LogP contribution is -2.28. The van der Waals surface area contributed by atoms with Gasteiger partial charge in [0, 0.05) is 27.9 Å². The first kappa shape index (κ1) is 15.4. The van der Waals surface area contributed by atoms with Crippen molar-refractivity contribution in [2.45, 2.75) is 12.5 Å². The molecule has 1 N–H and O–H groups in total. The second-order valence-electron chi connectivity index (χ2n) is 6.72. The molecule has 0 radical (unpaired) electrons. The van der Waals surface area contributed by atoms with E-state index < -0.39 is 0 Å². The van der Waals surface area contributed by atoms with Crippen molar-refractivity contribution in [2.75, 3.05) is 17.0 Å². The van der Waals surface area contributed by atoms with Crippen LogP contribution < -0.4 is 19.7 Å². The van der Waals surface area contributed by atoms with E-state index >= 15 is 0 Å². The van der Waals surface area contributed by atoms with Crippen LogP contribution in [0.3, 0.4) is 0 Å². The van der Waals surface area contributed by atoms with Crippen molar-refractivity contribution in [3.63, 3.8) is 0 Å². The Morgan fingerprint density at radius 3 is 2.81 bits per heavy atom. The van der Waals surface area contributed by atoms with Crippen LogP contribution in [0.5, 0.6) is 11.5 Å². The van der Waals surface area contributed by atoms with Gasteiger partial charge in [-0.1, -0.05) is 17.7 Å². The minimum atomic E-state index is -0.336. The zero-order valence-corrected chi connectivity index (χ0v) is 15.6. The Morgan fingerprint density at radius 2 is 2.00 bits per heavy atom. The summed E-state index contributed by atoms with van der Waals surface area (Å²) in [5.41, 5.74) is 4.75. The summed E-state index contributed by atoms with van der Waals surface area (Å²) in [6.45, 7) is 0.726. The van der Waals surface area contributed by atoms with E-state index in [1.165, 1.54) is 11.3 Å². The fourth-order valence-corrected chi connectivity index (χ4v) is 5.17. The largest absolute Gasteiger partial charge is 0.454 e. The van der Waals surface area contributed by atoms with Crippen LogP contribution in [0.4, 0.5) is 17.1 Å². The number of thiophene rings is 1. The molecule has 0 spiro atoms. The molecule has 1 aromatic heterocycles. The van der Waals surface area contributed by atoms with E-state index in [2.05, 4.69) is 5.32 Å². The van der Waals surface area contributed by atoms with Gasteiger partial charge in [0.2, 0.25) is 12.7 Å². The van der Waals surface area contributed by atoms with Crippen LogP contribution in [0, 0.1) is 0 Å². The molecule has 0 aliphatic carbocycles. The number of anilines is 3. The van der Waals surface area contributed by atoms with Gasteiger partial charge in [-0.25, -0.2) is 0 Å². The van der Waals surface area contributed by atoms with Gasteiger partial charge in [-0.2, -0.15) is 0 Å². The molecule has 6 rings (SSSR count). The minimum absolute atomic E-state index is 0.0728. The van der Waals surface area contributed by atoms with Crippen LogP contribution in [0.1, 0.15) is 21.9 Å². The van der Waals surface area contributed by atoms with Crippen molar-refractivity contribution in [3.8, 4) is 11.5 Å². The summed E-state index contributed by atoms with van der Waals surface area (Å²) in [5, 5.41) is 3.46. The van der Waals surface area contributed by atoms with E-state index in [0.717, 1.165) is 37.4 Å². The summed E-state index contributed by atoms with van der Waals surface area (Å²) in [7, 11) is 0. The summed E-state index contributed by atoms with van der Waals surface area (Å²) in [5.74, 6) is 1.13. The molecule has 3 aromatic rings. The fourth-order valence-electron chi connectivity index (χ4n) is 4.09. The monoisotopic (exact) mass is 396 g/mol. The third kappa shape index (κ3) is 2.14. The predicted octanol–water partition coefficient (Wildman–Crippen LogP) is 4.87. The van der Waals surface area contributed by atoms with E-state index in [-0.39, 0.29) is 18.6 Å². The van der Waals surface area contributed by atoms with Gasteiger partial charge in [0.05, 0.1) is 22.5 Å². The van der Waals surface area contributed by atoms with Crippen molar-refractivity contribution in [1.82, 2.24) is 0 Å².